The molecule has 0 saturated heterocycles. The number of amides is 1. The summed E-state index contributed by atoms with van der Waals surface area (Å²) in [5.41, 5.74) is 0.624. The van der Waals surface area contributed by atoms with Gasteiger partial charge in [-0.05, 0) is 37.5 Å². The Morgan fingerprint density at radius 2 is 1.91 bits per heavy atom. The van der Waals surface area contributed by atoms with Crippen LogP contribution in [0.25, 0.3) is 11.5 Å². The Kier molecular flexibility index (Phi) is 5.96. The number of alkyl halides is 4. The van der Waals surface area contributed by atoms with Gasteiger partial charge in [-0.15, -0.1) is 10.2 Å². The van der Waals surface area contributed by atoms with E-state index in [0.717, 1.165) is 0 Å². The fourth-order valence-electron chi connectivity index (χ4n) is 4.43. The maximum absolute atomic E-state index is 13.4. The number of carbonyl (C=O) groups is 1. The molecule has 0 unspecified atom stereocenters. The van der Waals surface area contributed by atoms with Gasteiger partial charge >= 0.3 is 12.9 Å². The van der Waals surface area contributed by atoms with Crippen LogP contribution in [-0.2, 0) is 14.8 Å². The highest BCUT2D eigenvalue weighted by Crippen LogP contribution is 2.44. The second-order valence-corrected chi connectivity index (χ2v) is 9.59. The van der Waals surface area contributed by atoms with Crippen molar-refractivity contribution in [2.24, 2.45) is 0 Å². The highest BCUT2D eigenvalue weighted by atomic mass is 32.2. The Morgan fingerprint density at radius 1 is 1.19 bits per heavy atom. The largest absolute Gasteiger partial charge is 0.415 e. The molecule has 0 spiro atoms. The van der Waals surface area contributed by atoms with Gasteiger partial charge < -0.3 is 9.73 Å². The number of rotatable bonds is 5. The summed E-state index contributed by atoms with van der Waals surface area (Å²) in [4.78, 5) is 11.5. The number of hydrogen-bond donors (Lipinski definition) is 1. The predicted molar refractivity (Wildman–Crippen MR) is 102 cm³/mol. The van der Waals surface area contributed by atoms with Crippen LogP contribution in [0.2, 0.25) is 0 Å². The van der Waals surface area contributed by atoms with E-state index in [1.54, 1.807) is 6.92 Å². The molecule has 2 aromatic rings. The van der Waals surface area contributed by atoms with Crippen LogP contribution in [0.3, 0.4) is 0 Å². The molecule has 4 rings (SSSR count). The van der Waals surface area contributed by atoms with Gasteiger partial charge in [-0.25, -0.2) is 8.42 Å². The second-order valence-electron chi connectivity index (χ2n) is 7.78. The summed E-state index contributed by atoms with van der Waals surface area (Å²) in [6.45, 7) is 1.67. The first-order chi connectivity index (χ1) is 15.1. The first-order valence-electron chi connectivity index (χ1n) is 9.99. The van der Waals surface area contributed by atoms with Crippen molar-refractivity contribution < 1.29 is 35.2 Å². The highest BCUT2D eigenvalue weighted by molar-refractivity contribution is 7.89. The van der Waals surface area contributed by atoms with E-state index in [9.17, 15) is 30.8 Å². The van der Waals surface area contributed by atoms with Crippen molar-refractivity contribution in [2.45, 2.75) is 68.5 Å². The summed E-state index contributed by atoms with van der Waals surface area (Å²) in [7, 11) is -4.07. The molecule has 1 saturated carbocycles. The average molecular weight is 476 g/mol. The Bertz CT molecular complexity index is 1120. The molecule has 174 valence electrons. The Balaban J connectivity index is 1.68. The zero-order chi connectivity index (χ0) is 23.2. The summed E-state index contributed by atoms with van der Waals surface area (Å²) >= 11 is 0. The predicted octanol–water partition coefficient (Wildman–Crippen LogP) is 3.43. The quantitative estimate of drug-likeness (QED) is 0.663. The summed E-state index contributed by atoms with van der Waals surface area (Å²) in [6.07, 6.45) is -4.02. The minimum Gasteiger partial charge on any atom is -0.415 e. The monoisotopic (exact) mass is 476 g/mol. The van der Waals surface area contributed by atoms with E-state index in [1.165, 1.54) is 22.5 Å². The fraction of sp³-hybridized carbons (Fsp3) is 0.526. The molecule has 2 aliphatic rings. The second kappa shape index (κ2) is 8.43. The van der Waals surface area contributed by atoms with Gasteiger partial charge in [-0.2, -0.15) is 21.9 Å². The number of sulfonamides is 1. The molecular formula is C19H20F4N4O4S. The van der Waals surface area contributed by atoms with Crippen LogP contribution in [-0.4, -0.2) is 47.3 Å². The molecule has 1 N–H and O–H groups in total. The molecule has 1 aromatic heterocycles. The van der Waals surface area contributed by atoms with Crippen molar-refractivity contribution in [3.63, 3.8) is 0 Å². The minimum absolute atomic E-state index is 0.0520. The lowest BCUT2D eigenvalue weighted by atomic mass is 9.89. The molecule has 0 radical (unpaired) electrons. The number of halogens is 4. The summed E-state index contributed by atoms with van der Waals surface area (Å²) in [6, 6.07) is 2.25. The maximum atomic E-state index is 13.4. The Morgan fingerprint density at radius 3 is 2.56 bits per heavy atom. The Hall–Kier alpha value is -2.54. The van der Waals surface area contributed by atoms with Gasteiger partial charge in [0.1, 0.15) is 0 Å². The highest BCUT2D eigenvalue weighted by Gasteiger charge is 2.47. The number of carbonyl (C=O) groups excluding carboxylic acids is 1. The van der Waals surface area contributed by atoms with Crippen LogP contribution in [0.1, 0.15) is 56.5 Å². The van der Waals surface area contributed by atoms with Crippen LogP contribution in [0.15, 0.2) is 27.5 Å². The first-order valence-corrected chi connectivity index (χ1v) is 11.4. The van der Waals surface area contributed by atoms with Gasteiger partial charge in [0.05, 0.1) is 4.90 Å². The van der Waals surface area contributed by atoms with Crippen LogP contribution in [0.5, 0.6) is 0 Å². The number of aromatic nitrogens is 2. The van der Waals surface area contributed by atoms with Crippen molar-refractivity contribution in [3.8, 4) is 11.5 Å². The van der Waals surface area contributed by atoms with E-state index in [0.29, 0.717) is 31.2 Å². The summed E-state index contributed by atoms with van der Waals surface area (Å²) in [5, 5.41) is 9.08. The van der Waals surface area contributed by atoms with Crippen molar-refractivity contribution in [1.29, 1.82) is 0 Å². The standard InChI is InChI=1S/C19H20F4N4O4S/c1-9-11-7-6-10(18-25-26-19(31-18)16(22)23)8-14(11)32(29,30)27(9)13-5-3-2-4-12(13)24-17(28)15(20)21/h6-9,12-13,15-16H,2-5H2,1H3,(H,24,28)/t9-,12-,13-/m1/s1. The average Bonchev–Trinajstić information content (AvgIpc) is 3.31. The smallest absolute Gasteiger partial charge is 0.315 e. The molecule has 0 bridgehead atoms. The minimum atomic E-state index is -4.07. The summed E-state index contributed by atoms with van der Waals surface area (Å²) < 4.78 is 84.1. The fourth-order valence-corrected chi connectivity index (χ4v) is 6.61. The van der Waals surface area contributed by atoms with Gasteiger partial charge in [0.25, 0.3) is 11.8 Å². The molecule has 13 heteroatoms. The van der Waals surface area contributed by atoms with Crippen molar-refractivity contribution in [3.05, 3.63) is 29.7 Å². The topological polar surface area (TPSA) is 105 Å². The lowest BCUT2D eigenvalue weighted by Crippen LogP contribution is -2.54. The van der Waals surface area contributed by atoms with Crippen LogP contribution >= 0.6 is 0 Å². The zero-order valence-corrected chi connectivity index (χ0v) is 17.7. The molecule has 3 atom stereocenters. The van der Waals surface area contributed by atoms with E-state index in [2.05, 4.69) is 15.5 Å². The molecule has 1 aliphatic carbocycles. The van der Waals surface area contributed by atoms with Gasteiger partial charge in [-0.3, -0.25) is 4.79 Å². The molecule has 8 nitrogen and oxygen atoms in total. The number of nitrogens with zero attached hydrogens (tertiary/aromatic N) is 3. The van der Waals surface area contributed by atoms with Crippen LogP contribution in [0.4, 0.5) is 17.6 Å². The number of nitrogens with one attached hydrogen (secondary N) is 1. The third-order valence-corrected chi connectivity index (χ3v) is 7.91. The van der Waals surface area contributed by atoms with E-state index in [4.69, 9.17) is 4.42 Å². The Labute approximate surface area is 181 Å². The van der Waals surface area contributed by atoms with Gasteiger partial charge in [0, 0.05) is 23.7 Å². The van der Waals surface area contributed by atoms with Gasteiger partial charge in [0.2, 0.25) is 15.9 Å². The third kappa shape index (κ3) is 3.87. The zero-order valence-electron chi connectivity index (χ0n) is 16.8. The van der Waals surface area contributed by atoms with Crippen molar-refractivity contribution in [2.75, 3.05) is 0 Å². The molecule has 1 fully saturated rings. The third-order valence-electron chi connectivity index (χ3n) is 5.86. The van der Waals surface area contributed by atoms with Crippen molar-refractivity contribution in [1.82, 2.24) is 19.8 Å². The molecule has 32 heavy (non-hydrogen) atoms. The van der Waals surface area contributed by atoms with E-state index < -0.39 is 52.8 Å². The summed E-state index contributed by atoms with van der Waals surface area (Å²) in [5.74, 6) is -2.56. The number of benzene rings is 1. The SMILES string of the molecule is C[C@@H]1c2ccc(-c3nnc(C(F)F)o3)cc2S(=O)(=O)N1[C@@H]1CCCC[C@H]1NC(=O)C(F)F. The van der Waals surface area contributed by atoms with E-state index in [-0.39, 0.29) is 16.3 Å². The molecule has 1 aliphatic heterocycles. The van der Waals surface area contributed by atoms with Crippen LogP contribution < -0.4 is 5.32 Å². The molecule has 1 amide bonds. The molecular weight excluding hydrogens is 456 g/mol. The lowest BCUT2D eigenvalue weighted by molar-refractivity contribution is -0.133. The van der Waals surface area contributed by atoms with Crippen LogP contribution in [0, 0.1) is 0 Å². The number of hydrogen-bond acceptors (Lipinski definition) is 6. The van der Waals surface area contributed by atoms with Gasteiger partial charge in [0.15, 0.2) is 0 Å². The van der Waals surface area contributed by atoms with Crippen molar-refractivity contribution >= 4 is 15.9 Å². The van der Waals surface area contributed by atoms with E-state index in [1.807, 2.05) is 0 Å². The van der Waals surface area contributed by atoms with Gasteiger partial charge in [-0.1, -0.05) is 18.9 Å². The van der Waals surface area contributed by atoms with E-state index >= 15 is 0 Å². The lowest BCUT2D eigenvalue weighted by Gasteiger charge is -2.39. The number of fused-ring (bicyclic) bond motifs is 1. The first kappa shape index (κ1) is 22.6. The normalized spacial score (nSPS) is 25.3. The maximum Gasteiger partial charge on any atom is 0.315 e. The molecule has 1 aromatic carbocycles. The molecule has 2 heterocycles.